The Morgan fingerprint density at radius 1 is 1.38 bits per heavy atom. The number of carbonyl (C=O) groups is 1. The molecule has 2 unspecified atom stereocenters. The lowest BCUT2D eigenvalue weighted by molar-refractivity contribution is -0.0431. The van der Waals surface area contributed by atoms with Gasteiger partial charge in [0.1, 0.15) is 28.8 Å². The van der Waals surface area contributed by atoms with E-state index in [1.54, 1.807) is 7.11 Å². The Labute approximate surface area is 123 Å². The first-order valence-corrected chi connectivity index (χ1v) is 7.14. The van der Waals surface area contributed by atoms with Crippen molar-refractivity contribution >= 4 is 5.97 Å². The van der Waals surface area contributed by atoms with Crippen molar-refractivity contribution in [1.29, 1.82) is 0 Å². The van der Waals surface area contributed by atoms with Gasteiger partial charge in [0.05, 0.1) is 13.2 Å². The molecule has 0 saturated carbocycles. The van der Waals surface area contributed by atoms with E-state index in [4.69, 9.17) is 14.2 Å². The Bertz CT molecular complexity index is 605. The second-order valence-electron chi connectivity index (χ2n) is 6.27. The molecule has 21 heavy (non-hydrogen) atoms. The Kier molecular flexibility index (Phi) is 3.13. The van der Waals surface area contributed by atoms with Gasteiger partial charge in [-0.2, -0.15) is 0 Å². The quantitative estimate of drug-likeness (QED) is 0.801. The van der Waals surface area contributed by atoms with Crippen LogP contribution in [0.15, 0.2) is 6.07 Å². The summed E-state index contributed by atoms with van der Waals surface area (Å²) in [5.74, 6) is 0.784. The molecule has 0 fully saturated rings. The highest BCUT2D eigenvalue weighted by atomic mass is 16.6. The number of aliphatic hydroxyl groups is 1. The number of esters is 1. The smallest absolute Gasteiger partial charge is 0.342 e. The van der Waals surface area contributed by atoms with E-state index in [0.717, 1.165) is 11.1 Å². The lowest BCUT2D eigenvalue weighted by Gasteiger charge is -2.39. The van der Waals surface area contributed by atoms with E-state index in [9.17, 15) is 9.90 Å². The Morgan fingerprint density at radius 2 is 2.10 bits per heavy atom. The maximum Gasteiger partial charge on any atom is 0.342 e. The Hall–Kier alpha value is -1.75. The van der Waals surface area contributed by atoms with Gasteiger partial charge in [-0.3, -0.25) is 0 Å². The van der Waals surface area contributed by atoms with Crippen LogP contribution in [0.1, 0.15) is 42.3 Å². The van der Waals surface area contributed by atoms with E-state index in [1.165, 1.54) is 0 Å². The van der Waals surface area contributed by atoms with Crippen molar-refractivity contribution < 1.29 is 24.1 Å². The van der Waals surface area contributed by atoms with Crippen LogP contribution in [0, 0.1) is 0 Å². The molecule has 1 aromatic rings. The molecule has 3 rings (SSSR count). The summed E-state index contributed by atoms with van der Waals surface area (Å²) in [4.78, 5) is 12.3. The minimum Gasteiger partial charge on any atom is -0.496 e. The van der Waals surface area contributed by atoms with Crippen molar-refractivity contribution in [3.05, 3.63) is 22.8 Å². The lowest BCUT2D eigenvalue weighted by atomic mass is 9.86. The first kappa shape index (κ1) is 14.2. The molecule has 2 atom stereocenters. The average Bonchev–Trinajstić information content (AvgIpc) is 2.38. The predicted molar refractivity (Wildman–Crippen MR) is 76.0 cm³/mol. The average molecular weight is 292 g/mol. The van der Waals surface area contributed by atoms with Gasteiger partial charge in [0.25, 0.3) is 0 Å². The number of carbonyl (C=O) groups excluding carboxylic acids is 1. The third-order valence-corrected chi connectivity index (χ3v) is 4.23. The normalized spacial score (nSPS) is 26.2. The van der Waals surface area contributed by atoms with Crippen LogP contribution >= 0.6 is 0 Å². The van der Waals surface area contributed by atoms with Crippen LogP contribution in [0.5, 0.6) is 11.5 Å². The minimum atomic E-state index is -0.753. The van der Waals surface area contributed by atoms with Crippen LogP contribution in [-0.2, 0) is 17.6 Å². The molecule has 0 radical (unpaired) electrons. The fourth-order valence-corrected chi connectivity index (χ4v) is 2.96. The monoisotopic (exact) mass is 292 g/mol. The topological polar surface area (TPSA) is 65.0 Å². The number of rotatable bonds is 1. The lowest BCUT2D eigenvalue weighted by Crippen LogP contribution is -2.47. The number of cyclic esters (lactones) is 1. The zero-order chi connectivity index (χ0) is 15.4. The van der Waals surface area contributed by atoms with Crippen LogP contribution in [0.3, 0.4) is 0 Å². The molecule has 2 aliphatic rings. The Morgan fingerprint density at radius 3 is 2.76 bits per heavy atom. The molecule has 2 heterocycles. The summed E-state index contributed by atoms with van der Waals surface area (Å²) < 4.78 is 16.7. The zero-order valence-corrected chi connectivity index (χ0v) is 12.7. The summed E-state index contributed by atoms with van der Waals surface area (Å²) in [7, 11) is 1.58. The van der Waals surface area contributed by atoms with Crippen LogP contribution < -0.4 is 9.47 Å². The summed E-state index contributed by atoms with van der Waals surface area (Å²) >= 11 is 0. The van der Waals surface area contributed by atoms with Crippen LogP contribution in [0.4, 0.5) is 0 Å². The third-order valence-electron chi connectivity index (χ3n) is 4.23. The summed E-state index contributed by atoms with van der Waals surface area (Å²) in [6, 6.07) is 1.86. The van der Waals surface area contributed by atoms with Gasteiger partial charge in [0.15, 0.2) is 0 Å². The Balaban J connectivity index is 2.22. The molecular weight excluding hydrogens is 272 g/mol. The third kappa shape index (κ3) is 2.16. The van der Waals surface area contributed by atoms with Gasteiger partial charge in [-0.1, -0.05) is 0 Å². The van der Waals surface area contributed by atoms with Gasteiger partial charge >= 0.3 is 5.97 Å². The molecule has 0 spiro atoms. The summed E-state index contributed by atoms with van der Waals surface area (Å²) in [6.45, 7) is 5.48. The van der Waals surface area contributed by atoms with Gasteiger partial charge in [-0.05, 0) is 32.4 Å². The number of fused-ring (bicyclic) bond motifs is 3. The van der Waals surface area contributed by atoms with Gasteiger partial charge in [0.2, 0.25) is 0 Å². The standard InChI is InChI=1S/C16H20O5/c1-8-5-9-6-11(19-4)10-7-12(17)16(2,3)21-14(10)13(9)15(18)20-8/h6,8,12,17H,5,7H2,1-4H3. The van der Waals surface area contributed by atoms with E-state index < -0.39 is 11.7 Å². The summed E-state index contributed by atoms with van der Waals surface area (Å²) in [5, 5.41) is 10.2. The van der Waals surface area contributed by atoms with E-state index in [0.29, 0.717) is 29.9 Å². The number of hydrogen-bond donors (Lipinski definition) is 1. The molecule has 0 amide bonds. The van der Waals surface area contributed by atoms with Gasteiger partial charge in [-0.15, -0.1) is 0 Å². The van der Waals surface area contributed by atoms with E-state index >= 15 is 0 Å². The van der Waals surface area contributed by atoms with Gasteiger partial charge in [-0.25, -0.2) is 4.79 Å². The zero-order valence-electron chi connectivity index (χ0n) is 12.7. The van der Waals surface area contributed by atoms with Crippen molar-refractivity contribution in [2.75, 3.05) is 7.11 Å². The maximum absolute atomic E-state index is 12.3. The first-order chi connectivity index (χ1) is 9.83. The van der Waals surface area contributed by atoms with Crippen LogP contribution in [-0.4, -0.2) is 36.0 Å². The molecule has 5 nitrogen and oxygen atoms in total. The highest BCUT2D eigenvalue weighted by Gasteiger charge is 2.41. The van der Waals surface area contributed by atoms with E-state index in [1.807, 2.05) is 26.8 Å². The fourth-order valence-electron chi connectivity index (χ4n) is 2.96. The van der Waals surface area contributed by atoms with Crippen molar-refractivity contribution in [2.45, 2.75) is 51.4 Å². The number of hydrogen-bond acceptors (Lipinski definition) is 5. The maximum atomic E-state index is 12.3. The molecule has 0 aromatic heterocycles. The molecule has 5 heteroatoms. The second-order valence-corrected chi connectivity index (χ2v) is 6.27. The molecule has 1 aromatic carbocycles. The van der Waals surface area contributed by atoms with Crippen LogP contribution in [0.2, 0.25) is 0 Å². The van der Waals surface area contributed by atoms with E-state index in [2.05, 4.69) is 0 Å². The van der Waals surface area contributed by atoms with Crippen molar-refractivity contribution in [3.63, 3.8) is 0 Å². The highest BCUT2D eigenvalue weighted by molar-refractivity contribution is 5.96. The molecule has 0 saturated heterocycles. The largest absolute Gasteiger partial charge is 0.496 e. The molecular formula is C16H20O5. The first-order valence-electron chi connectivity index (χ1n) is 7.14. The number of benzene rings is 1. The summed E-state index contributed by atoms with van der Waals surface area (Å²) in [5.41, 5.74) is 1.33. The molecule has 2 aliphatic heterocycles. The summed E-state index contributed by atoms with van der Waals surface area (Å²) in [6.07, 6.45) is 0.212. The van der Waals surface area contributed by atoms with Crippen LogP contribution in [0.25, 0.3) is 0 Å². The van der Waals surface area contributed by atoms with Crippen molar-refractivity contribution in [3.8, 4) is 11.5 Å². The van der Waals surface area contributed by atoms with Crippen molar-refractivity contribution in [1.82, 2.24) is 0 Å². The fraction of sp³-hybridized carbons (Fsp3) is 0.562. The molecule has 0 aliphatic carbocycles. The van der Waals surface area contributed by atoms with Gasteiger partial charge in [0, 0.05) is 18.4 Å². The molecule has 114 valence electrons. The van der Waals surface area contributed by atoms with E-state index in [-0.39, 0.29) is 12.1 Å². The number of aliphatic hydroxyl groups excluding tert-OH is 1. The second kappa shape index (κ2) is 4.63. The van der Waals surface area contributed by atoms with Crippen molar-refractivity contribution in [2.24, 2.45) is 0 Å². The molecule has 0 bridgehead atoms. The number of ether oxygens (including phenoxy) is 3. The SMILES string of the molecule is COc1cc2c(c3c1CC(O)C(C)(C)O3)C(=O)OC(C)C2. The highest BCUT2D eigenvalue weighted by Crippen LogP contribution is 2.44. The van der Waals surface area contributed by atoms with Gasteiger partial charge < -0.3 is 19.3 Å². The minimum absolute atomic E-state index is 0.157. The number of methoxy groups -OCH3 is 1. The predicted octanol–water partition coefficient (Wildman–Crippen LogP) is 1.87. The molecule has 1 N–H and O–H groups in total.